The summed E-state index contributed by atoms with van der Waals surface area (Å²) >= 11 is 3.70. The summed E-state index contributed by atoms with van der Waals surface area (Å²) in [6, 6.07) is 7.48. The average molecular weight is 689 g/mol. The van der Waals surface area contributed by atoms with Crippen molar-refractivity contribution >= 4 is 39.6 Å². The Hall–Kier alpha value is -3.02. The molecule has 45 heavy (non-hydrogen) atoms. The molecular formula is C34H46BrN3O7. The largest absolute Gasteiger partial charge is 0.455 e. The number of hydrogen-bond acceptors (Lipinski definition) is 7. The molecule has 0 aliphatic carbocycles. The molecule has 10 nitrogen and oxygen atoms in total. The monoisotopic (exact) mass is 687 g/mol. The predicted octanol–water partition coefficient (Wildman–Crippen LogP) is 3.69. The van der Waals surface area contributed by atoms with Gasteiger partial charge in [-0.25, -0.2) is 0 Å². The molecular weight excluding hydrogens is 642 g/mol. The lowest BCUT2D eigenvalue weighted by molar-refractivity contribution is -0.161. The van der Waals surface area contributed by atoms with Crippen LogP contribution in [0.25, 0.3) is 0 Å². The molecule has 1 unspecified atom stereocenters. The highest BCUT2D eigenvalue weighted by Crippen LogP contribution is 2.61. The van der Waals surface area contributed by atoms with Crippen LogP contribution >= 0.6 is 15.9 Å². The molecule has 246 valence electrons. The Balaban J connectivity index is 1.68. The minimum Gasteiger partial charge on any atom is -0.455 e. The number of fused-ring (bicyclic) bond motifs is 1. The van der Waals surface area contributed by atoms with Gasteiger partial charge >= 0.3 is 5.97 Å². The number of nitrogens with one attached hydrogen (secondary N) is 1. The number of alkyl halides is 1. The molecule has 3 aliphatic rings. The summed E-state index contributed by atoms with van der Waals surface area (Å²) in [5.41, 5.74) is -0.578. The van der Waals surface area contributed by atoms with Crippen molar-refractivity contribution in [1.82, 2.24) is 15.1 Å². The highest BCUT2D eigenvalue weighted by molar-refractivity contribution is 9.09. The van der Waals surface area contributed by atoms with Crippen molar-refractivity contribution in [2.45, 2.75) is 87.1 Å². The Kier molecular flexibility index (Phi) is 12.0. The first kappa shape index (κ1) is 34.8. The molecule has 2 bridgehead atoms. The standard InChI is InChI=1S/C34H46BrN3O7/c1-5-9-16-26(40)36-20-25(22-14-12-11-13-15-22)44-33(43)27-28-31(41)38(23(8-4)21-39)30(34(28)19-24(35)29(27)45-34)32(42)37(17-7-3)18-10-6-2/h5,7,11-15,23-25,27-30,39H,1,3,6,8-10,16-21H2,2,4H3,(H,36,40)/t23-,24?,25-,27-,28+,29-,30-,34+/m0/s1. The molecule has 0 aromatic heterocycles. The van der Waals surface area contributed by atoms with Crippen molar-refractivity contribution in [2.24, 2.45) is 11.8 Å². The predicted molar refractivity (Wildman–Crippen MR) is 173 cm³/mol. The fourth-order valence-corrected chi connectivity index (χ4v) is 7.98. The van der Waals surface area contributed by atoms with E-state index in [9.17, 15) is 24.3 Å². The number of likely N-dealkylation sites (tertiary alicyclic amines) is 1. The first-order chi connectivity index (χ1) is 21.7. The van der Waals surface area contributed by atoms with Gasteiger partial charge in [0.05, 0.1) is 37.1 Å². The van der Waals surface area contributed by atoms with Crippen LogP contribution in [0, 0.1) is 11.8 Å². The number of rotatable bonds is 17. The van der Waals surface area contributed by atoms with Gasteiger partial charge in [-0.2, -0.15) is 0 Å². The number of amides is 3. The number of benzene rings is 1. The normalized spacial score (nSPS) is 27.9. The maximum absolute atomic E-state index is 14.4. The Bertz CT molecular complexity index is 1240. The van der Waals surface area contributed by atoms with Crippen LogP contribution in [0.5, 0.6) is 0 Å². The number of unbranched alkanes of at least 4 members (excludes halogenated alkanes) is 1. The third-order valence-electron chi connectivity index (χ3n) is 9.24. The Labute approximate surface area is 274 Å². The number of nitrogens with zero attached hydrogens (tertiary/aromatic N) is 2. The lowest BCUT2D eigenvalue weighted by Gasteiger charge is -2.39. The van der Waals surface area contributed by atoms with E-state index in [4.69, 9.17) is 9.47 Å². The van der Waals surface area contributed by atoms with Crippen molar-refractivity contribution in [2.75, 3.05) is 26.2 Å². The zero-order chi connectivity index (χ0) is 32.7. The molecule has 3 heterocycles. The highest BCUT2D eigenvalue weighted by Gasteiger charge is 2.77. The molecule has 3 saturated heterocycles. The number of aliphatic hydroxyl groups is 1. The van der Waals surface area contributed by atoms with Gasteiger partial charge < -0.3 is 29.7 Å². The Morgan fingerprint density at radius 3 is 2.60 bits per heavy atom. The quantitative estimate of drug-likeness (QED) is 0.145. The molecule has 1 aromatic carbocycles. The van der Waals surface area contributed by atoms with Crippen LogP contribution in [0.15, 0.2) is 55.6 Å². The fourth-order valence-electron chi connectivity index (χ4n) is 7.03. The second kappa shape index (κ2) is 15.5. The van der Waals surface area contributed by atoms with Gasteiger partial charge in [-0.15, -0.1) is 13.2 Å². The Morgan fingerprint density at radius 1 is 1.24 bits per heavy atom. The summed E-state index contributed by atoms with van der Waals surface area (Å²) in [6.07, 6.45) is 5.03. The maximum Gasteiger partial charge on any atom is 0.313 e. The van der Waals surface area contributed by atoms with Crippen LogP contribution < -0.4 is 5.32 Å². The molecule has 11 heteroatoms. The lowest BCUT2D eigenvalue weighted by atomic mass is 9.70. The molecule has 0 saturated carbocycles. The molecule has 4 rings (SSSR count). The minimum atomic E-state index is -1.27. The topological polar surface area (TPSA) is 125 Å². The summed E-state index contributed by atoms with van der Waals surface area (Å²) in [5, 5.41) is 13.2. The van der Waals surface area contributed by atoms with Gasteiger partial charge in [-0.05, 0) is 31.2 Å². The van der Waals surface area contributed by atoms with Crippen molar-refractivity contribution in [3.8, 4) is 0 Å². The van der Waals surface area contributed by atoms with Gasteiger partial charge in [0, 0.05) is 24.3 Å². The number of halogens is 1. The number of hydrogen-bond donors (Lipinski definition) is 2. The van der Waals surface area contributed by atoms with Gasteiger partial charge in [0.25, 0.3) is 0 Å². The van der Waals surface area contributed by atoms with E-state index in [-0.39, 0.29) is 42.1 Å². The van der Waals surface area contributed by atoms with Gasteiger partial charge in [0.2, 0.25) is 17.7 Å². The lowest BCUT2D eigenvalue weighted by Crippen LogP contribution is -2.59. The highest BCUT2D eigenvalue weighted by atomic mass is 79.9. The SMILES string of the molecule is C=CCCC(=O)NC[C@H](OC(=O)[C@@H]1[C@H]2O[C@@]3(CC2Br)[C@H](C(=O)N(CC=C)CCCC)N([C@@H](CC)CO)C(=O)[C@@H]13)c1ccccc1. The van der Waals surface area contributed by atoms with Crippen LogP contribution in [-0.2, 0) is 28.7 Å². The fraction of sp³-hybridized carbons (Fsp3) is 0.588. The van der Waals surface area contributed by atoms with E-state index in [2.05, 4.69) is 34.4 Å². The molecule has 1 aromatic rings. The third-order valence-corrected chi connectivity index (χ3v) is 10.1. The van der Waals surface area contributed by atoms with Crippen LogP contribution in [0.1, 0.15) is 64.0 Å². The molecule has 3 amide bonds. The first-order valence-corrected chi connectivity index (χ1v) is 16.9. The Morgan fingerprint density at radius 2 is 1.98 bits per heavy atom. The van der Waals surface area contributed by atoms with Crippen LogP contribution in [-0.4, -0.2) is 93.5 Å². The van der Waals surface area contributed by atoms with E-state index in [1.807, 2.05) is 44.2 Å². The van der Waals surface area contributed by atoms with Crippen molar-refractivity contribution in [1.29, 1.82) is 0 Å². The first-order valence-electron chi connectivity index (χ1n) is 16.0. The zero-order valence-corrected chi connectivity index (χ0v) is 27.8. The molecule has 2 N–H and O–H groups in total. The van der Waals surface area contributed by atoms with Gasteiger partial charge in [0.15, 0.2) is 0 Å². The average Bonchev–Trinajstić information content (AvgIpc) is 3.64. The van der Waals surface area contributed by atoms with Crippen molar-refractivity contribution < 1.29 is 33.8 Å². The second-order valence-corrected chi connectivity index (χ2v) is 13.2. The summed E-state index contributed by atoms with van der Waals surface area (Å²) in [4.78, 5) is 58.2. The molecule has 1 spiro atoms. The number of esters is 1. The molecule has 0 radical (unpaired) electrons. The van der Waals surface area contributed by atoms with Crippen LogP contribution in [0.3, 0.4) is 0 Å². The number of aliphatic hydroxyl groups excluding tert-OH is 1. The molecule has 3 fully saturated rings. The smallest absolute Gasteiger partial charge is 0.313 e. The van der Waals surface area contributed by atoms with Crippen LogP contribution in [0.2, 0.25) is 0 Å². The van der Waals surface area contributed by atoms with Crippen molar-refractivity contribution in [3.05, 3.63) is 61.2 Å². The summed E-state index contributed by atoms with van der Waals surface area (Å²) < 4.78 is 12.7. The van der Waals surface area contributed by atoms with Gasteiger partial charge in [0.1, 0.15) is 17.7 Å². The molecule has 3 aliphatic heterocycles. The minimum absolute atomic E-state index is 0.0507. The second-order valence-electron chi connectivity index (χ2n) is 12.0. The van der Waals surface area contributed by atoms with E-state index >= 15 is 0 Å². The number of carbonyl (C=O) groups is 4. The van der Waals surface area contributed by atoms with E-state index < -0.39 is 47.7 Å². The number of carbonyl (C=O) groups excluding carboxylic acids is 4. The number of ether oxygens (including phenoxy) is 2. The van der Waals surface area contributed by atoms with E-state index in [0.29, 0.717) is 37.9 Å². The van der Waals surface area contributed by atoms with E-state index in [1.54, 1.807) is 17.1 Å². The van der Waals surface area contributed by atoms with E-state index in [1.165, 1.54) is 4.90 Å². The molecule has 8 atom stereocenters. The maximum atomic E-state index is 14.4. The summed E-state index contributed by atoms with van der Waals surface area (Å²) in [5.74, 6) is -3.44. The summed E-state index contributed by atoms with van der Waals surface area (Å²) in [6.45, 7) is 11.9. The number of allylic oxidation sites excluding steroid dienone is 1. The van der Waals surface area contributed by atoms with Gasteiger partial charge in [-0.3, -0.25) is 19.2 Å². The third kappa shape index (κ3) is 6.90. The van der Waals surface area contributed by atoms with Crippen LogP contribution in [0.4, 0.5) is 0 Å². The van der Waals surface area contributed by atoms with E-state index in [0.717, 1.165) is 12.8 Å². The zero-order valence-electron chi connectivity index (χ0n) is 26.2. The summed E-state index contributed by atoms with van der Waals surface area (Å²) in [7, 11) is 0. The van der Waals surface area contributed by atoms with Crippen molar-refractivity contribution in [3.63, 3.8) is 0 Å². The van der Waals surface area contributed by atoms with Gasteiger partial charge in [-0.1, -0.05) is 78.7 Å².